The molecule has 0 bridgehead atoms. The van der Waals surface area contributed by atoms with Crippen LogP contribution in [0.2, 0.25) is 0 Å². The van der Waals surface area contributed by atoms with Crippen LogP contribution in [0.5, 0.6) is 17.2 Å². The van der Waals surface area contributed by atoms with Crippen molar-refractivity contribution in [2.24, 2.45) is 0 Å². The van der Waals surface area contributed by atoms with Crippen molar-refractivity contribution in [2.75, 3.05) is 18.1 Å². The van der Waals surface area contributed by atoms with E-state index in [0.717, 1.165) is 12.0 Å². The van der Waals surface area contributed by atoms with Gasteiger partial charge in [0.25, 0.3) is 0 Å². The lowest BCUT2D eigenvalue weighted by Gasteiger charge is -2.34. The number of carbonyl (C=O) groups is 1. The number of hydrogen-bond donors (Lipinski definition) is 1. The van der Waals surface area contributed by atoms with Crippen molar-refractivity contribution in [1.82, 2.24) is 0 Å². The van der Waals surface area contributed by atoms with Crippen LogP contribution >= 0.6 is 0 Å². The Balaban J connectivity index is 1.52. The van der Waals surface area contributed by atoms with Gasteiger partial charge in [-0.2, -0.15) is 0 Å². The smallest absolute Gasteiger partial charge is 0.230 e. The number of benzene rings is 2. The Labute approximate surface area is 146 Å². The van der Waals surface area contributed by atoms with E-state index in [1.165, 1.54) is 0 Å². The highest BCUT2D eigenvalue weighted by Gasteiger charge is 2.31. The summed E-state index contributed by atoms with van der Waals surface area (Å²) in [6.45, 7) is 3.07. The Hall–Kier alpha value is -2.69. The minimum Gasteiger partial charge on any atom is -0.506 e. The van der Waals surface area contributed by atoms with Crippen molar-refractivity contribution in [3.05, 3.63) is 48.0 Å². The molecule has 130 valence electrons. The molecule has 0 fully saturated rings. The van der Waals surface area contributed by atoms with Gasteiger partial charge in [-0.1, -0.05) is 31.2 Å². The second kappa shape index (κ2) is 6.31. The predicted molar refractivity (Wildman–Crippen MR) is 94.5 cm³/mol. The molecular weight excluding hydrogens is 318 g/mol. The number of anilines is 1. The highest BCUT2D eigenvalue weighted by atomic mass is 16.6. The Morgan fingerprint density at radius 2 is 2.00 bits per heavy atom. The van der Waals surface area contributed by atoms with Gasteiger partial charge in [-0.15, -0.1) is 0 Å². The summed E-state index contributed by atoms with van der Waals surface area (Å²) in [4.78, 5) is 14.6. The first-order valence-corrected chi connectivity index (χ1v) is 8.64. The van der Waals surface area contributed by atoms with Crippen molar-refractivity contribution in [3.63, 3.8) is 0 Å². The zero-order valence-corrected chi connectivity index (χ0v) is 14.1. The molecule has 5 heteroatoms. The molecule has 2 heterocycles. The molecule has 0 spiro atoms. The molecule has 2 aromatic rings. The van der Waals surface area contributed by atoms with Crippen LogP contribution in [0.15, 0.2) is 42.5 Å². The maximum Gasteiger partial charge on any atom is 0.230 e. The Morgan fingerprint density at radius 3 is 2.84 bits per heavy atom. The number of fused-ring (bicyclic) bond motifs is 2. The first-order valence-electron chi connectivity index (χ1n) is 8.64. The van der Waals surface area contributed by atoms with E-state index >= 15 is 0 Å². The molecule has 0 aliphatic carbocycles. The van der Waals surface area contributed by atoms with E-state index in [1.54, 1.807) is 11.0 Å². The summed E-state index contributed by atoms with van der Waals surface area (Å²) >= 11 is 0. The zero-order valence-electron chi connectivity index (χ0n) is 14.1. The third kappa shape index (κ3) is 2.90. The first-order chi connectivity index (χ1) is 12.1. The second-order valence-corrected chi connectivity index (χ2v) is 6.65. The van der Waals surface area contributed by atoms with Gasteiger partial charge in [-0.25, -0.2) is 0 Å². The molecule has 25 heavy (non-hydrogen) atoms. The number of ether oxygens (including phenoxy) is 2. The van der Waals surface area contributed by atoms with Crippen LogP contribution in [0.3, 0.4) is 0 Å². The molecule has 0 saturated carbocycles. The van der Waals surface area contributed by atoms with Crippen molar-refractivity contribution in [1.29, 1.82) is 0 Å². The maximum atomic E-state index is 12.9. The lowest BCUT2D eigenvalue weighted by Crippen LogP contribution is -2.41. The SMILES string of the molecule is CC1CCN(C(=O)CC2COc3ccccc3O2)c2c(O)cccc21. The summed E-state index contributed by atoms with van der Waals surface area (Å²) in [5.41, 5.74) is 1.66. The quantitative estimate of drug-likeness (QED) is 0.910. The predicted octanol–water partition coefficient (Wildman–Crippen LogP) is 3.46. The number of nitrogens with zero attached hydrogens (tertiary/aromatic N) is 1. The number of carbonyl (C=O) groups excluding carboxylic acids is 1. The number of amides is 1. The Morgan fingerprint density at radius 1 is 1.20 bits per heavy atom. The third-order valence-electron chi connectivity index (χ3n) is 4.90. The molecule has 2 unspecified atom stereocenters. The molecule has 0 radical (unpaired) electrons. The average Bonchev–Trinajstić information content (AvgIpc) is 2.62. The molecule has 2 aromatic carbocycles. The van der Waals surface area contributed by atoms with Gasteiger partial charge in [-0.05, 0) is 36.1 Å². The molecule has 4 rings (SSSR count). The molecule has 0 saturated heterocycles. The minimum absolute atomic E-state index is 0.0531. The monoisotopic (exact) mass is 339 g/mol. The molecule has 1 amide bonds. The number of phenols is 1. The lowest BCUT2D eigenvalue weighted by molar-refractivity contribution is -0.121. The highest BCUT2D eigenvalue weighted by Crippen LogP contribution is 2.41. The summed E-state index contributed by atoms with van der Waals surface area (Å²) in [5.74, 6) is 1.81. The number of para-hydroxylation sites is 3. The average molecular weight is 339 g/mol. The lowest BCUT2D eigenvalue weighted by atomic mass is 9.91. The summed E-state index contributed by atoms with van der Waals surface area (Å²) < 4.78 is 11.6. The van der Waals surface area contributed by atoms with E-state index in [-0.39, 0.29) is 24.2 Å². The van der Waals surface area contributed by atoms with Gasteiger partial charge < -0.3 is 19.5 Å². The molecule has 5 nitrogen and oxygen atoms in total. The van der Waals surface area contributed by atoms with Crippen LogP contribution in [-0.2, 0) is 4.79 Å². The maximum absolute atomic E-state index is 12.9. The van der Waals surface area contributed by atoms with Crippen LogP contribution in [-0.4, -0.2) is 30.3 Å². The Kier molecular flexibility index (Phi) is 3.99. The number of rotatable bonds is 2. The van der Waals surface area contributed by atoms with E-state index in [2.05, 4.69) is 6.92 Å². The fourth-order valence-electron chi connectivity index (χ4n) is 3.55. The molecule has 2 atom stereocenters. The van der Waals surface area contributed by atoms with Crippen LogP contribution in [0, 0.1) is 0 Å². The van der Waals surface area contributed by atoms with E-state index in [4.69, 9.17) is 9.47 Å². The van der Waals surface area contributed by atoms with E-state index in [0.29, 0.717) is 36.3 Å². The van der Waals surface area contributed by atoms with E-state index in [9.17, 15) is 9.90 Å². The third-order valence-corrected chi connectivity index (χ3v) is 4.90. The molecular formula is C20H21NO4. The largest absolute Gasteiger partial charge is 0.506 e. The topological polar surface area (TPSA) is 59.0 Å². The van der Waals surface area contributed by atoms with Crippen LogP contribution in [0.25, 0.3) is 0 Å². The normalized spacial score (nSPS) is 21.6. The summed E-state index contributed by atoms with van der Waals surface area (Å²) in [6, 6.07) is 12.9. The van der Waals surface area contributed by atoms with Gasteiger partial charge in [0.05, 0.1) is 12.1 Å². The summed E-state index contributed by atoms with van der Waals surface area (Å²) in [6.07, 6.45) is 0.778. The van der Waals surface area contributed by atoms with Crippen molar-refractivity contribution >= 4 is 11.6 Å². The van der Waals surface area contributed by atoms with Crippen LogP contribution in [0.1, 0.15) is 31.2 Å². The van der Waals surface area contributed by atoms with Crippen LogP contribution < -0.4 is 14.4 Å². The fourth-order valence-corrected chi connectivity index (χ4v) is 3.55. The summed E-state index contributed by atoms with van der Waals surface area (Å²) in [5, 5.41) is 10.3. The number of aromatic hydroxyl groups is 1. The Bertz CT molecular complexity index is 804. The van der Waals surface area contributed by atoms with Gasteiger partial charge in [0.1, 0.15) is 18.5 Å². The summed E-state index contributed by atoms with van der Waals surface area (Å²) in [7, 11) is 0. The van der Waals surface area contributed by atoms with E-state index < -0.39 is 0 Å². The van der Waals surface area contributed by atoms with Crippen molar-refractivity contribution in [2.45, 2.75) is 31.8 Å². The first kappa shape index (κ1) is 15.8. The molecule has 2 aliphatic heterocycles. The number of phenolic OH excluding ortho intramolecular Hbond substituents is 1. The van der Waals surface area contributed by atoms with Crippen molar-refractivity contribution < 1.29 is 19.4 Å². The van der Waals surface area contributed by atoms with Crippen LogP contribution in [0.4, 0.5) is 5.69 Å². The fraction of sp³-hybridized carbons (Fsp3) is 0.350. The van der Waals surface area contributed by atoms with Gasteiger partial charge in [-0.3, -0.25) is 4.79 Å². The zero-order chi connectivity index (χ0) is 17.4. The molecule has 0 aromatic heterocycles. The van der Waals surface area contributed by atoms with Gasteiger partial charge >= 0.3 is 0 Å². The van der Waals surface area contributed by atoms with Gasteiger partial charge in [0.2, 0.25) is 5.91 Å². The molecule has 1 N–H and O–H groups in total. The highest BCUT2D eigenvalue weighted by molar-refractivity contribution is 5.96. The van der Waals surface area contributed by atoms with Gasteiger partial charge in [0.15, 0.2) is 11.5 Å². The minimum atomic E-state index is -0.323. The van der Waals surface area contributed by atoms with Crippen molar-refractivity contribution in [3.8, 4) is 17.2 Å². The van der Waals surface area contributed by atoms with Gasteiger partial charge in [0, 0.05) is 6.54 Å². The van der Waals surface area contributed by atoms with E-state index in [1.807, 2.05) is 36.4 Å². The number of hydrogen-bond acceptors (Lipinski definition) is 4. The standard InChI is InChI=1S/C20H21NO4/c1-13-9-10-21(20-15(13)5-4-6-16(20)22)19(23)11-14-12-24-17-7-2-3-8-18(17)25-14/h2-8,13-14,22H,9-12H2,1H3. The molecule has 2 aliphatic rings. The second-order valence-electron chi connectivity index (χ2n) is 6.65.